The SMILES string of the molecule is COc1ccc(S(=O)(=O)NCCC(C)c2ccc3c(c2)OCCO3)c(C)c1. The van der Waals surface area contributed by atoms with Crippen molar-refractivity contribution in [2.45, 2.75) is 31.1 Å². The van der Waals surface area contributed by atoms with Crippen LogP contribution in [0.2, 0.25) is 0 Å². The molecule has 0 bridgehead atoms. The third kappa shape index (κ3) is 4.54. The summed E-state index contributed by atoms with van der Waals surface area (Å²) in [5.41, 5.74) is 1.75. The zero-order valence-corrected chi connectivity index (χ0v) is 16.6. The van der Waals surface area contributed by atoms with Crippen molar-refractivity contribution >= 4 is 10.0 Å². The van der Waals surface area contributed by atoms with Gasteiger partial charge in [0.15, 0.2) is 11.5 Å². The van der Waals surface area contributed by atoms with E-state index in [-0.39, 0.29) is 10.8 Å². The molecule has 0 saturated carbocycles. The van der Waals surface area contributed by atoms with E-state index < -0.39 is 10.0 Å². The van der Waals surface area contributed by atoms with Gasteiger partial charge in [0.1, 0.15) is 19.0 Å². The summed E-state index contributed by atoms with van der Waals surface area (Å²) >= 11 is 0. The first kappa shape index (κ1) is 19.5. The fourth-order valence-electron chi connectivity index (χ4n) is 3.07. The normalized spacial score (nSPS) is 14.6. The van der Waals surface area contributed by atoms with Crippen LogP contribution >= 0.6 is 0 Å². The van der Waals surface area contributed by atoms with Crippen molar-refractivity contribution in [1.29, 1.82) is 0 Å². The van der Waals surface area contributed by atoms with Crippen LogP contribution < -0.4 is 18.9 Å². The van der Waals surface area contributed by atoms with Crippen molar-refractivity contribution in [3.8, 4) is 17.2 Å². The van der Waals surface area contributed by atoms with Crippen LogP contribution in [0.3, 0.4) is 0 Å². The number of hydrogen-bond donors (Lipinski definition) is 1. The van der Waals surface area contributed by atoms with Crippen molar-refractivity contribution in [3.05, 3.63) is 47.5 Å². The van der Waals surface area contributed by atoms with Crippen LogP contribution in [0.15, 0.2) is 41.3 Å². The van der Waals surface area contributed by atoms with E-state index in [1.165, 1.54) is 0 Å². The minimum Gasteiger partial charge on any atom is -0.497 e. The highest BCUT2D eigenvalue weighted by atomic mass is 32.2. The summed E-state index contributed by atoms with van der Waals surface area (Å²) in [7, 11) is -2.00. The second kappa shape index (κ2) is 8.19. The number of sulfonamides is 1. The second-order valence-corrected chi connectivity index (χ2v) is 8.36. The fraction of sp³-hybridized carbons (Fsp3) is 0.400. The molecule has 7 heteroatoms. The summed E-state index contributed by atoms with van der Waals surface area (Å²) in [5, 5.41) is 0. The molecule has 1 heterocycles. The van der Waals surface area contributed by atoms with E-state index in [9.17, 15) is 8.42 Å². The van der Waals surface area contributed by atoms with Gasteiger partial charge in [-0.15, -0.1) is 0 Å². The molecular weight excluding hydrogens is 366 g/mol. The molecule has 1 N–H and O–H groups in total. The van der Waals surface area contributed by atoms with E-state index >= 15 is 0 Å². The van der Waals surface area contributed by atoms with Gasteiger partial charge < -0.3 is 14.2 Å². The number of aryl methyl sites for hydroxylation is 1. The fourth-order valence-corrected chi connectivity index (χ4v) is 4.34. The van der Waals surface area contributed by atoms with E-state index in [2.05, 4.69) is 11.6 Å². The van der Waals surface area contributed by atoms with Crippen LogP contribution in [0.1, 0.15) is 30.4 Å². The lowest BCUT2D eigenvalue weighted by atomic mass is 9.97. The van der Waals surface area contributed by atoms with Crippen molar-refractivity contribution in [3.63, 3.8) is 0 Å². The Kier molecular flexibility index (Phi) is 5.92. The third-order valence-corrected chi connectivity index (χ3v) is 6.30. The van der Waals surface area contributed by atoms with Crippen LogP contribution in [0.4, 0.5) is 0 Å². The molecule has 146 valence electrons. The molecule has 2 aromatic rings. The Labute approximate surface area is 160 Å². The Bertz CT molecular complexity index is 911. The minimum absolute atomic E-state index is 0.181. The molecule has 1 aliphatic heterocycles. The maximum absolute atomic E-state index is 12.6. The van der Waals surface area contributed by atoms with Gasteiger partial charge in [0.05, 0.1) is 12.0 Å². The van der Waals surface area contributed by atoms with Crippen LogP contribution in [0.25, 0.3) is 0 Å². The molecule has 0 spiro atoms. The highest BCUT2D eigenvalue weighted by molar-refractivity contribution is 7.89. The largest absolute Gasteiger partial charge is 0.497 e. The first-order chi connectivity index (χ1) is 12.9. The predicted octanol–water partition coefficient (Wildman–Crippen LogP) is 3.25. The van der Waals surface area contributed by atoms with Crippen LogP contribution in [-0.4, -0.2) is 35.3 Å². The van der Waals surface area contributed by atoms with Gasteiger partial charge in [-0.3, -0.25) is 0 Å². The lowest BCUT2D eigenvalue weighted by molar-refractivity contribution is 0.171. The summed E-state index contributed by atoms with van der Waals surface area (Å²) in [4.78, 5) is 0.273. The number of rotatable bonds is 7. The monoisotopic (exact) mass is 391 g/mol. The molecule has 1 atom stereocenters. The van der Waals surface area contributed by atoms with Crippen LogP contribution in [0.5, 0.6) is 17.2 Å². The molecule has 0 amide bonds. The summed E-state index contributed by atoms with van der Waals surface area (Å²) in [5.74, 6) is 2.33. The molecule has 0 saturated heterocycles. The van der Waals surface area contributed by atoms with Crippen molar-refractivity contribution < 1.29 is 22.6 Å². The molecule has 6 nitrogen and oxygen atoms in total. The van der Waals surface area contributed by atoms with Crippen molar-refractivity contribution in [1.82, 2.24) is 4.72 Å². The van der Waals surface area contributed by atoms with Crippen LogP contribution in [-0.2, 0) is 10.0 Å². The van der Waals surface area contributed by atoms with Gasteiger partial charge in [0.2, 0.25) is 10.0 Å². The smallest absolute Gasteiger partial charge is 0.240 e. The molecule has 0 aliphatic carbocycles. The Hall–Kier alpha value is -2.25. The zero-order valence-electron chi connectivity index (χ0n) is 15.8. The van der Waals surface area contributed by atoms with Crippen molar-refractivity contribution in [2.24, 2.45) is 0 Å². The maximum atomic E-state index is 12.6. The van der Waals surface area contributed by atoms with E-state index in [0.29, 0.717) is 37.5 Å². The predicted molar refractivity (Wildman–Crippen MR) is 103 cm³/mol. The summed E-state index contributed by atoms with van der Waals surface area (Å²) in [6.07, 6.45) is 0.675. The molecule has 1 unspecified atom stereocenters. The standard InChI is InChI=1S/C20H25NO5S/c1-14(16-4-6-18-19(13-16)26-11-10-25-18)8-9-21-27(22,23)20-7-5-17(24-3)12-15(20)2/h4-7,12-14,21H,8-11H2,1-3H3. The van der Waals surface area contributed by atoms with Crippen LogP contribution in [0, 0.1) is 6.92 Å². The average molecular weight is 391 g/mol. The molecule has 0 radical (unpaired) electrons. The zero-order chi connectivity index (χ0) is 19.4. The Balaban J connectivity index is 1.61. The molecule has 0 aromatic heterocycles. The Morgan fingerprint density at radius 3 is 2.56 bits per heavy atom. The van der Waals surface area contributed by atoms with Gasteiger partial charge in [-0.05, 0) is 60.7 Å². The first-order valence-corrected chi connectivity index (χ1v) is 10.4. The molecule has 27 heavy (non-hydrogen) atoms. The van der Waals surface area contributed by atoms with Crippen molar-refractivity contribution in [2.75, 3.05) is 26.9 Å². The highest BCUT2D eigenvalue weighted by Gasteiger charge is 2.18. The van der Waals surface area contributed by atoms with Gasteiger partial charge in [-0.25, -0.2) is 13.1 Å². The minimum atomic E-state index is -3.56. The summed E-state index contributed by atoms with van der Waals surface area (Å²) in [6, 6.07) is 10.8. The number of nitrogens with one attached hydrogen (secondary N) is 1. The highest BCUT2D eigenvalue weighted by Crippen LogP contribution is 2.33. The van der Waals surface area contributed by atoms with Gasteiger partial charge in [-0.1, -0.05) is 13.0 Å². The van der Waals surface area contributed by atoms with E-state index in [0.717, 1.165) is 17.1 Å². The number of benzene rings is 2. The molecule has 0 fully saturated rings. The number of hydrogen-bond acceptors (Lipinski definition) is 5. The molecule has 3 rings (SSSR count). The lowest BCUT2D eigenvalue weighted by Crippen LogP contribution is -2.26. The lowest BCUT2D eigenvalue weighted by Gasteiger charge is -2.20. The Morgan fingerprint density at radius 1 is 1.11 bits per heavy atom. The van der Waals surface area contributed by atoms with E-state index in [1.54, 1.807) is 32.2 Å². The van der Waals surface area contributed by atoms with Gasteiger partial charge in [-0.2, -0.15) is 0 Å². The van der Waals surface area contributed by atoms with E-state index in [1.807, 2.05) is 18.2 Å². The van der Waals surface area contributed by atoms with Gasteiger partial charge in [0.25, 0.3) is 0 Å². The first-order valence-electron chi connectivity index (χ1n) is 8.94. The molecule has 2 aromatic carbocycles. The van der Waals surface area contributed by atoms with Gasteiger partial charge >= 0.3 is 0 Å². The maximum Gasteiger partial charge on any atom is 0.240 e. The summed E-state index contributed by atoms with van der Waals surface area (Å²) < 4.78 is 44.1. The third-order valence-electron chi connectivity index (χ3n) is 4.68. The number of ether oxygens (including phenoxy) is 3. The topological polar surface area (TPSA) is 73.9 Å². The molecular formula is C20H25NO5S. The second-order valence-electron chi connectivity index (χ2n) is 6.62. The summed E-state index contributed by atoms with van der Waals surface area (Å²) in [6.45, 7) is 5.29. The number of fused-ring (bicyclic) bond motifs is 1. The quantitative estimate of drug-likeness (QED) is 0.784. The van der Waals surface area contributed by atoms with Gasteiger partial charge in [0, 0.05) is 6.54 Å². The average Bonchev–Trinajstić information content (AvgIpc) is 2.67. The van der Waals surface area contributed by atoms with E-state index in [4.69, 9.17) is 14.2 Å². The Morgan fingerprint density at radius 2 is 1.85 bits per heavy atom. The number of methoxy groups -OCH3 is 1. The molecule has 1 aliphatic rings.